The zero-order valence-corrected chi connectivity index (χ0v) is 11.7. The first-order valence-corrected chi connectivity index (χ1v) is 7.03. The smallest absolute Gasteiger partial charge is 0.264 e. The molecule has 0 amide bonds. The fraction of sp³-hybridized carbons (Fsp3) is 0.438. The van der Waals surface area contributed by atoms with E-state index in [2.05, 4.69) is 0 Å². The van der Waals surface area contributed by atoms with Gasteiger partial charge in [-0.25, -0.2) is 0 Å². The maximum atomic E-state index is 11.8. The molecule has 3 rings (SSSR count). The predicted octanol–water partition coefficient (Wildman–Crippen LogP) is 1.58. The van der Waals surface area contributed by atoms with E-state index in [4.69, 9.17) is 9.47 Å². The fourth-order valence-corrected chi connectivity index (χ4v) is 3.15. The van der Waals surface area contributed by atoms with Crippen molar-refractivity contribution >= 4 is 17.3 Å². The topological polar surface area (TPSA) is 69.7 Å². The first-order valence-electron chi connectivity index (χ1n) is 7.03. The summed E-state index contributed by atoms with van der Waals surface area (Å²) >= 11 is 0. The Hall–Kier alpha value is -2.17. The number of hydrogen-bond acceptors (Lipinski definition) is 5. The Morgan fingerprint density at radius 1 is 0.905 bits per heavy atom. The SMILES string of the molecule is COc1ccc(OC2CCC3C(=O)C(=O)C(=O)C3C2)cc1. The third kappa shape index (κ3) is 2.44. The van der Waals surface area contributed by atoms with Gasteiger partial charge in [0.1, 0.15) is 11.5 Å². The molecule has 2 aliphatic carbocycles. The number of rotatable bonds is 3. The normalized spacial score (nSPS) is 28.4. The molecule has 21 heavy (non-hydrogen) atoms. The van der Waals surface area contributed by atoms with E-state index in [1.54, 1.807) is 31.4 Å². The van der Waals surface area contributed by atoms with Crippen LogP contribution in [-0.4, -0.2) is 30.6 Å². The number of benzene rings is 1. The van der Waals surface area contributed by atoms with Crippen molar-refractivity contribution in [1.29, 1.82) is 0 Å². The van der Waals surface area contributed by atoms with Gasteiger partial charge in [-0.05, 0) is 43.5 Å². The van der Waals surface area contributed by atoms with Crippen molar-refractivity contribution in [1.82, 2.24) is 0 Å². The van der Waals surface area contributed by atoms with Gasteiger partial charge < -0.3 is 9.47 Å². The summed E-state index contributed by atoms with van der Waals surface area (Å²) < 4.78 is 10.9. The highest BCUT2D eigenvalue weighted by molar-refractivity contribution is 6.68. The van der Waals surface area contributed by atoms with Gasteiger partial charge in [-0.3, -0.25) is 14.4 Å². The molecule has 1 aromatic carbocycles. The van der Waals surface area contributed by atoms with Crippen LogP contribution in [0.15, 0.2) is 24.3 Å². The molecular weight excluding hydrogens is 272 g/mol. The van der Waals surface area contributed by atoms with Crippen molar-refractivity contribution in [3.8, 4) is 11.5 Å². The molecule has 0 radical (unpaired) electrons. The highest BCUT2D eigenvalue weighted by Gasteiger charge is 2.51. The number of carbonyl (C=O) groups excluding carboxylic acids is 3. The Morgan fingerprint density at radius 3 is 2.19 bits per heavy atom. The molecule has 0 aliphatic heterocycles. The second-order valence-corrected chi connectivity index (χ2v) is 5.50. The Kier molecular flexibility index (Phi) is 3.49. The number of ether oxygens (including phenoxy) is 2. The highest BCUT2D eigenvalue weighted by Crippen LogP contribution is 2.38. The van der Waals surface area contributed by atoms with Gasteiger partial charge in [0.2, 0.25) is 11.6 Å². The molecule has 0 N–H and O–H groups in total. The average molecular weight is 288 g/mol. The largest absolute Gasteiger partial charge is 0.497 e. The van der Waals surface area contributed by atoms with Crippen LogP contribution in [0.1, 0.15) is 19.3 Å². The molecule has 2 fully saturated rings. The predicted molar refractivity (Wildman–Crippen MR) is 73.3 cm³/mol. The van der Waals surface area contributed by atoms with Crippen molar-refractivity contribution in [3.63, 3.8) is 0 Å². The molecule has 110 valence electrons. The molecule has 0 aromatic heterocycles. The molecule has 3 atom stereocenters. The van der Waals surface area contributed by atoms with Gasteiger partial charge in [0.15, 0.2) is 0 Å². The number of carbonyl (C=O) groups is 3. The van der Waals surface area contributed by atoms with Gasteiger partial charge in [0.05, 0.1) is 13.2 Å². The van der Waals surface area contributed by atoms with Crippen LogP contribution < -0.4 is 9.47 Å². The van der Waals surface area contributed by atoms with E-state index in [0.717, 1.165) is 5.75 Å². The molecule has 5 heteroatoms. The van der Waals surface area contributed by atoms with Crippen LogP contribution in [0.25, 0.3) is 0 Å². The van der Waals surface area contributed by atoms with E-state index in [0.29, 0.717) is 25.0 Å². The van der Waals surface area contributed by atoms with Crippen LogP contribution in [0, 0.1) is 11.8 Å². The highest BCUT2D eigenvalue weighted by atomic mass is 16.5. The summed E-state index contributed by atoms with van der Waals surface area (Å²) in [5, 5.41) is 0. The second-order valence-electron chi connectivity index (χ2n) is 5.50. The van der Waals surface area contributed by atoms with E-state index in [9.17, 15) is 14.4 Å². The van der Waals surface area contributed by atoms with Gasteiger partial charge >= 0.3 is 0 Å². The molecule has 3 unspecified atom stereocenters. The Labute approximate surface area is 122 Å². The maximum Gasteiger partial charge on any atom is 0.264 e. The summed E-state index contributed by atoms with van der Waals surface area (Å²) in [7, 11) is 1.59. The van der Waals surface area contributed by atoms with Crippen LogP contribution in [0.3, 0.4) is 0 Å². The summed E-state index contributed by atoms with van der Waals surface area (Å²) in [6.45, 7) is 0. The molecule has 0 bridgehead atoms. The van der Waals surface area contributed by atoms with Crippen LogP contribution in [-0.2, 0) is 14.4 Å². The summed E-state index contributed by atoms with van der Waals surface area (Å²) in [6.07, 6.45) is 1.52. The van der Waals surface area contributed by atoms with Crippen LogP contribution in [0.2, 0.25) is 0 Å². The zero-order chi connectivity index (χ0) is 15.0. The van der Waals surface area contributed by atoms with Crippen LogP contribution in [0.5, 0.6) is 11.5 Å². The zero-order valence-electron chi connectivity index (χ0n) is 11.7. The van der Waals surface area contributed by atoms with Gasteiger partial charge in [-0.15, -0.1) is 0 Å². The summed E-state index contributed by atoms with van der Waals surface area (Å²) in [4.78, 5) is 34.9. The summed E-state index contributed by atoms with van der Waals surface area (Å²) in [6, 6.07) is 7.21. The van der Waals surface area contributed by atoms with Crippen LogP contribution in [0.4, 0.5) is 0 Å². The number of Topliss-reactive ketones (excluding diaryl/α,β-unsaturated/α-hetero) is 3. The molecule has 2 saturated carbocycles. The summed E-state index contributed by atoms with van der Waals surface area (Å²) in [5.41, 5.74) is 0. The minimum atomic E-state index is -0.824. The molecule has 2 aliphatic rings. The Morgan fingerprint density at radius 2 is 1.52 bits per heavy atom. The third-order valence-electron chi connectivity index (χ3n) is 4.29. The first kappa shape index (κ1) is 13.8. The number of fused-ring (bicyclic) bond motifs is 1. The Bertz CT molecular complexity index is 589. The van der Waals surface area contributed by atoms with Crippen molar-refractivity contribution in [3.05, 3.63) is 24.3 Å². The lowest BCUT2D eigenvalue weighted by molar-refractivity contribution is -0.141. The van der Waals surface area contributed by atoms with Crippen molar-refractivity contribution < 1.29 is 23.9 Å². The van der Waals surface area contributed by atoms with Crippen molar-refractivity contribution in [2.75, 3.05) is 7.11 Å². The minimum Gasteiger partial charge on any atom is -0.497 e. The minimum absolute atomic E-state index is 0.137. The second kappa shape index (κ2) is 5.31. The van der Waals surface area contributed by atoms with E-state index in [1.165, 1.54) is 0 Å². The van der Waals surface area contributed by atoms with Gasteiger partial charge in [-0.2, -0.15) is 0 Å². The number of methoxy groups -OCH3 is 1. The van der Waals surface area contributed by atoms with Gasteiger partial charge in [0.25, 0.3) is 5.78 Å². The Balaban J connectivity index is 1.67. The van der Waals surface area contributed by atoms with E-state index in [1.807, 2.05) is 0 Å². The standard InChI is InChI=1S/C16H16O5/c1-20-9-2-4-10(5-3-9)21-11-6-7-12-13(8-11)15(18)16(19)14(12)17/h2-5,11-13H,6-8H2,1H3. The quantitative estimate of drug-likeness (QED) is 0.790. The monoisotopic (exact) mass is 288 g/mol. The fourth-order valence-electron chi connectivity index (χ4n) is 3.15. The third-order valence-corrected chi connectivity index (χ3v) is 4.29. The molecule has 5 nitrogen and oxygen atoms in total. The lowest BCUT2D eigenvalue weighted by Crippen LogP contribution is -2.33. The summed E-state index contributed by atoms with van der Waals surface area (Å²) in [5.74, 6) is -1.32. The average Bonchev–Trinajstić information content (AvgIpc) is 2.73. The molecular formula is C16H16O5. The number of hydrogen-bond donors (Lipinski definition) is 0. The van der Waals surface area contributed by atoms with Gasteiger partial charge in [0, 0.05) is 11.8 Å². The lowest BCUT2D eigenvalue weighted by Gasteiger charge is -2.29. The lowest BCUT2D eigenvalue weighted by atomic mass is 9.79. The molecule has 1 aromatic rings. The van der Waals surface area contributed by atoms with E-state index >= 15 is 0 Å². The molecule has 0 spiro atoms. The maximum absolute atomic E-state index is 11.8. The van der Waals surface area contributed by atoms with E-state index < -0.39 is 29.2 Å². The first-order chi connectivity index (χ1) is 10.1. The van der Waals surface area contributed by atoms with E-state index in [-0.39, 0.29) is 6.10 Å². The van der Waals surface area contributed by atoms with Gasteiger partial charge in [-0.1, -0.05) is 0 Å². The van der Waals surface area contributed by atoms with Crippen molar-refractivity contribution in [2.45, 2.75) is 25.4 Å². The van der Waals surface area contributed by atoms with Crippen molar-refractivity contribution in [2.24, 2.45) is 11.8 Å². The number of ketones is 3. The molecule has 0 saturated heterocycles. The van der Waals surface area contributed by atoms with Crippen LogP contribution >= 0.6 is 0 Å². The molecule has 0 heterocycles.